The molecule has 0 amide bonds. The van der Waals surface area contributed by atoms with Crippen LogP contribution in [0.25, 0.3) is 0 Å². The summed E-state index contributed by atoms with van der Waals surface area (Å²) in [5.74, 6) is 0.676. The van der Waals surface area contributed by atoms with Crippen molar-refractivity contribution in [2.45, 2.75) is 11.8 Å². The van der Waals surface area contributed by atoms with Gasteiger partial charge in [-0.2, -0.15) is 0 Å². The van der Waals surface area contributed by atoms with Crippen molar-refractivity contribution in [3.63, 3.8) is 0 Å². The Hall–Kier alpha value is -2.28. The second-order valence-corrected chi connectivity index (χ2v) is 8.33. The SMILES string of the molecule is O=C(O)CC1(c2ccc(OCC3(COc4ccc(Cl)cc4)COC3)cc2)COC1. The van der Waals surface area contributed by atoms with E-state index in [9.17, 15) is 9.90 Å². The van der Waals surface area contributed by atoms with Crippen molar-refractivity contribution >= 4 is 17.6 Å². The van der Waals surface area contributed by atoms with Crippen molar-refractivity contribution in [1.29, 1.82) is 0 Å². The highest BCUT2D eigenvalue weighted by Gasteiger charge is 2.43. The standard InChI is InChI=1S/C22H23ClO6/c23-17-3-7-19(8-4-17)29-13-21(10-26-11-21)12-28-18-5-1-16(2-6-18)22(9-20(24)25)14-27-15-22/h1-8H,9-15H2,(H,24,25). The summed E-state index contributed by atoms with van der Waals surface area (Å²) in [6, 6.07) is 14.9. The fourth-order valence-electron chi connectivity index (χ4n) is 3.52. The minimum atomic E-state index is -0.818. The largest absolute Gasteiger partial charge is 0.493 e. The van der Waals surface area contributed by atoms with Crippen LogP contribution in [-0.2, 0) is 19.7 Å². The zero-order chi connectivity index (χ0) is 20.3. The van der Waals surface area contributed by atoms with Crippen LogP contribution in [0.4, 0.5) is 0 Å². The zero-order valence-electron chi connectivity index (χ0n) is 15.9. The first-order valence-corrected chi connectivity index (χ1v) is 9.86. The first kappa shape index (κ1) is 20.0. The highest BCUT2D eigenvalue weighted by Crippen LogP contribution is 2.37. The molecule has 0 spiro atoms. The van der Waals surface area contributed by atoms with E-state index in [1.54, 1.807) is 12.1 Å². The molecule has 0 radical (unpaired) electrons. The van der Waals surface area contributed by atoms with E-state index in [2.05, 4.69) is 0 Å². The van der Waals surface area contributed by atoms with Crippen molar-refractivity contribution in [3.8, 4) is 11.5 Å². The lowest BCUT2D eigenvalue weighted by molar-refractivity contribution is -0.149. The van der Waals surface area contributed by atoms with Gasteiger partial charge in [0.2, 0.25) is 0 Å². The van der Waals surface area contributed by atoms with Gasteiger partial charge in [0.25, 0.3) is 0 Å². The first-order valence-electron chi connectivity index (χ1n) is 9.48. The minimum absolute atomic E-state index is 0.0652. The quantitative estimate of drug-likeness (QED) is 0.671. The maximum Gasteiger partial charge on any atom is 0.304 e. The highest BCUT2D eigenvalue weighted by molar-refractivity contribution is 6.30. The van der Waals surface area contributed by atoms with Crippen LogP contribution in [0.5, 0.6) is 11.5 Å². The average Bonchev–Trinajstić information content (AvgIpc) is 2.65. The third-order valence-corrected chi connectivity index (χ3v) is 5.69. The number of benzene rings is 2. The van der Waals surface area contributed by atoms with E-state index < -0.39 is 11.4 Å². The smallest absolute Gasteiger partial charge is 0.304 e. The van der Waals surface area contributed by atoms with Crippen LogP contribution in [0.2, 0.25) is 5.02 Å². The fraction of sp³-hybridized carbons (Fsp3) is 0.409. The maximum absolute atomic E-state index is 11.2. The van der Waals surface area contributed by atoms with Gasteiger partial charge in [-0.1, -0.05) is 23.7 Å². The van der Waals surface area contributed by atoms with E-state index in [1.165, 1.54) is 0 Å². The Morgan fingerprint density at radius 2 is 1.41 bits per heavy atom. The molecule has 6 nitrogen and oxygen atoms in total. The summed E-state index contributed by atoms with van der Waals surface area (Å²) in [5.41, 5.74) is 0.344. The monoisotopic (exact) mass is 418 g/mol. The molecule has 2 aromatic rings. The van der Waals surface area contributed by atoms with E-state index in [4.69, 9.17) is 30.5 Å². The third-order valence-electron chi connectivity index (χ3n) is 5.43. The summed E-state index contributed by atoms with van der Waals surface area (Å²) in [5, 5.41) is 9.84. The molecular formula is C22H23ClO6. The lowest BCUT2D eigenvalue weighted by Crippen LogP contribution is -2.51. The van der Waals surface area contributed by atoms with Gasteiger partial charge in [-0.25, -0.2) is 0 Å². The first-order chi connectivity index (χ1) is 14.0. The Morgan fingerprint density at radius 3 is 1.83 bits per heavy atom. The number of carboxylic acid groups (broad SMARTS) is 1. The molecule has 0 unspecified atom stereocenters. The Balaban J connectivity index is 1.34. The number of ether oxygens (including phenoxy) is 4. The van der Waals surface area contributed by atoms with Crippen LogP contribution in [0, 0.1) is 5.41 Å². The Morgan fingerprint density at radius 1 is 0.897 bits per heavy atom. The summed E-state index contributed by atoms with van der Waals surface area (Å²) in [6.45, 7) is 2.99. The topological polar surface area (TPSA) is 74.2 Å². The van der Waals surface area contributed by atoms with Crippen LogP contribution in [-0.4, -0.2) is 50.7 Å². The Bertz CT molecular complexity index is 841. The van der Waals surface area contributed by atoms with Gasteiger partial charge in [0.15, 0.2) is 0 Å². The van der Waals surface area contributed by atoms with Crippen LogP contribution in [0.15, 0.2) is 48.5 Å². The number of carboxylic acids is 1. The number of hydrogen-bond donors (Lipinski definition) is 1. The van der Waals surface area contributed by atoms with E-state index in [1.807, 2.05) is 36.4 Å². The van der Waals surface area contributed by atoms with Crippen molar-refractivity contribution in [3.05, 3.63) is 59.1 Å². The zero-order valence-corrected chi connectivity index (χ0v) is 16.7. The highest BCUT2D eigenvalue weighted by atomic mass is 35.5. The molecule has 7 heteroatoms. The second kappa shape index (κ2) is 8.22. The van der Waals surface area contributed by atoms with Crippen LogP contribution in [0.3, 0.4) is 0 Å². The number of carbonyl (C=O) groups is 1. The van der Waals surface area contributed by atoms with Crippen molar-refractivity contribution in [2.24, 2.45) is 5.41 Å². The maximum atomic E-state index is 11.2. The fourth-order valence-corrected chi connectivity index (χ4v) is 3.64. The molecule has 2 aromatic carbocycles. The molecule has 0 atom stereocenters. The van der Waals surface area contributed by atoms with Gasteiger partial charge in [0.05, 0.1) is 43.7 Å². The molecule has 2 fully saturated rings. The van der Waals surface area contributed by atoms with Crippen LogP contribution >= 0.6 is 11.6 Å². The number of hydrogen-bond acceptors (Lipinski definition) is 5. The second-order valence-electron chi connectivity index (χ2n) is 7.89. The minimum Gasteiger partial charge on any atom is -0.493 e. The van der Waals surface area contributed by atoms with Gasteiger partial charge in [-0.15, -0.1) is 0 Å². The lowest BCUT2D eigenvalue weighted by Gasteiger charge is -2.41. The average molecular weight is 419 g/mol. The molecule has 0 aliphatic carbocycles. The van der Waals surface area contributed by atoms with Crippen LogP contribution < -0.4 is 9.47 Å². The number of halogens is 1. The van der Waals surface area contributed by atoms with E-state index in [0.717, 1.165) is 17.1 Å². The molecule has 0 saturated carbocycles. The van der Waals surface area contributed by atoms with Gasteiger partial charge in [0, 0.05) is 5.02 Å². The lowest BCUT2D eigenvalue weighted by atomic mass is 9.76. The molecule has 4 rings (SSSR count). The molecule has 2 heterocycles. The summed E-state index contributed by atoms with van der Waals surface area (Å²) in [7, 11) is 0. The van der Waals surface area contributed by atoms with Gasteiger partial charge >= 0.3 is 5.97 Å². The summed E-state index contributed by atoms with van der Waals surface area (Å²) < 4.78 is 22.6. The summed E-state index contributed by atoms with van der Waals surface area (Å²) >= 11 is 5.90. The van der Waals surface area contributed by atoms with Gasteiger partial charge < -0.3 is 24.1 Å². The van der Waals surface area contributed by atoms with Crippen molar-refractivity contribution in [2.75, 3.05) is 39.6 Å². The van der Waals surface area contributed by atoms with Crippen molar-refractivity contribution < 1.29 is 28.8 Å². The van der Waals surface area contributed by atoms with Gasteiger partial charge in [-0.05, 0) is 42.0 Å². The predicted octanol–water partition coefficient (Wildman–Crippen LogP) is 3.56. The molecule has 29 heavy (non-hydrogen) atoms. The molecule has 0 bridgehead atoms. The summed E-state index contributed by atoms with van der Waals surface area (Å²) in [6.07, 6.45) is 0.0652. The number of aliphatic carboxylic acids is 1. The van der Waals surface area contributed by atoms with Gasteiger partial charge in [0.1, 0.15) is 24.7 Å². The van der Waals surface area contributed by atoms with Gasteiger partial charge in [-0.3, -0.25) is 4.79 Å². The molecule has 1 N–H and O–H groups in total. The summed E-state index contributed by atoms with van der Waals surface area (Å²) in [4.78, 5) is 11.2. The normalized spacial score (nSPS) is 18.9. The Kier molecular flexibility index (Phi) is 5.67. The molecule has 2 saturated heterocycles. The van der Waals surface area contributed by atoms with E-state index >= 15 is 0 Å². The Labute approximate surface area is 174 Å². The molecule has 0 aromatic heterocycles. The molecule has 2 aliphatic rings. The predicted molar refractivity (Wildman–Crippen MR) is 107 cm³/mol. The third kappa shape index (κ3) is 4.50. The molecule has 154 valence electrons. The molecular weight excluding hydrogens is 396 g/mol. The van der Waals surface area contributed by atoms with Crippen LogP contribution in [0.1, 0.15) is 12.0 Å². The number of rotatable bonds is 9. The van der Waals surface area contributed by atoms with E-state index in [0.29, 0.717) is 44.7 Å². The van der Waals surface area contributed by atoms with E-state index in [-0.39, 0.29) is 11.8 Å². The van der Waals surface area contributed by atoms with Crippen molar-refractivity contribution in [1.82, 2.24) is 0 Å². The molecule has 2 aliphatic heterocycles.